The molecule has 0 saturated carbocycles. The Morgan fingerprint density at radius 2 is 1.85 bits per heavy atom. The standard InChI is InChI=1S/C25H19BrClN5OS/c26-19-15-30-32-23(12-21(31-24(19)32)18-7-1-2-8-20(18)27)28-13-16-5-3-6-17(11-16)14-29-25(33)22-9-4-10-34-22/h1-12,15,28H,13-14H2,(H,29,33). The lowest BCUT2D eigenvalue weighted by Gasteiger charge is -2.12. The second-order valence-corrected chi connectivity index (χ2v) is 9.78. The summed E-state index contributed by atoms with van der Waals surface area (Å²) in [5.74, 6) is 0.732. The van der Waals surface area contributed by atoms with Crippen molar-refractivity contribution in [2.24, 2.45) is 0 Å². The van der Waals surface area contributed by atoms with Crippen molar-refractivity contribution in [3.8, 4) is 11.3 Å². The molecule has 1 amide bonds. The first-order valence-corrected chi connectivity index (χ1v) is 12.6. The molecule has 9 heteroatoms. The predicted molar refractivity (Wildman–Crippen MR) is 140 cm³/mol. The summed E-state index contributed by atoms with van der Waals surface area (Å²) in [6, 6.07) is 21.4. The van der Waals surface area contributed by atoms with Crippen LogP contribution in [-0.4, -0.2) is 20.5 Å². The van der Waals surface area contributed by atoms with E-state index in [0.29, 0.717) is 28.6 Å². The minimum absolute atomic E-state index is 0.0610. The van der Waals surface area contributed by atoms with Gasteiger partial charge < -0.3 is 10.6 Å². The lowest BCUT2D eigenvalue weighted by Crippen LogP contribution is -2.21. The normalized spacial score (nSPS) is 11.0. The Labute approximate surface area is 213 Å². The highest BCUT2D eigenvalue weighted by molar-refractivity contribution is 9.10. The zero-order valence-corrected chi connectivity index (χ0v) is 21.0. The predicted octanol–water partition coefficient (Wildman–Crippen LogP) is 6.42. The fourth-order valence-corrected chi connectivity index (χ4v) is 4.81. The zero-order chi connectivity index (χ0) is 23.5. The molecule has 0 saturated heterocycles. The lowest BCUT2D eigenvalue weighted by molar-refractivity contribution is 0.0955. The van der Waals surface area contributed by atoms with Gasteiger partial charge in [0.15, 0.2) is 5.65 Å². The molecular weight excluding hydrogens is 534 g/mol. The van der Waals surface area contributed by atoms with E-state index < -0.39 is 0 Å². The average molecular weight is 553 g/mol. The number of carbonyl (C=O) groups excluding carboxylic acids is 1. The number of nitrogens with one attached hydrogen (secondary N) is 2. The van der Waals surface area contributed by atoms with E-state index in [4.69, 9.17) is 16.6 Å². The zero-order valence-electron chi connectivity index (χ0n) is 17.8. The van der Waals surface area contributed by atoms with E-state index in [-0.39, 0.29) is 5.91 Å². The molecule has 3 aromatic heterocycles. The molecule has 2 N–H and O–H groups in total. The highest BCUT2D eigenvalue weighted by atomic mass is 79.9. The minimum Gasteiger partial charge on any atom is -0.366 e. The number of fused-ring (bicyclic) bond motifs is 1. The maximum Gasteiger partial charge on any atom is 0.261 e. The van der Waals surface area contributed by atoms with Gasteiger partial charge in [-0.25, -0.2) is 4.98 Å². The number of hydrogen-bond donors (Lipinski definition) is 2. The SMILES string of the molecule is O=C(NCc1cccc(CNc2cc(-c3ccccc3Cl)nc3c(Br)cnn23)c1)c1cccs1. The summed E-state index contributed by atoms with van der Waals surface area (Å²) >= 11 is 11.4. The van der Waals surface area contributed by atoms with E-state index in [9.17, 15) is 4.79 Å². The quantitative estimate of drug-likeness (QED) is 0.245. The lowest BCUT2D eigenvalue weighted by atomic mass is 10.1. The van der Waals surface area contributed by atoms with Gasteiger partial charge >= 0.3 is 0 Å². The molecule has 0 spiro atoms. The second-order valence-electron chi connectivity index (χ2n) is 7.57. The smallest absolute Gasteiger partial charge is 0.261 e. The van der Waals surface area contributed by atoms with Gasteiger partial charge in [0.2, 0.25) is 0 Å². The van der Waals surface area contributed by atoms with Gasteiger partial charge in [-0.2, -0.15) is 9.61 Å². The van der Waals surface area contributed by atoms with Crippen LogP contribution in [-0.2, 0) is 13.1 Å². The van der Waals surface area contributed by atoms with Crippen molar-refractivity contribution < 1.29 is 4.79 Å². The number of carbonyl (C=O) groups is 1. The Balaban J connectivity index is 1.35. The molecule has 0 radical (unpaired) electrons. The Morgan fingerprint density at radius 1 is 1.03 bits per heavy atom. The third-order valence-corrected chi connectivity index (χ3v) is 7.00. The Kier molecular flexibility index (Phi) is 6.62. The number of benzene rings is 2. The van der Waals surface area contributed by atoms with Gasteiger partial charge in [-0.05, 0) is 44.6 Å². The van der Waals surface area contributed by atoms with Crippen LogP contribution >= 0.6 is 38.9 Å². The third-order valence-electron chi connectivity index (χ3n) is 5.24. The van der Waals surface area contributed by atoms with Gasteiger partial charge in [-0.15, -0.1) is 11.3 Å². The summed E-state index contributed by atoms with van der Waals surface area (Å²) in [6.45, 7) is 1.04. The Hall–Kier alpha value is -3.20. The first-order chi connectivity index (χ1) is 16.6. The highest BCUT2D eigenvalue weighted by Crippen LogP contribution is 2.30. The number of hydrogen-bond acceptors (Lipinski definition) is 5. The van der Waals surface area contributed by atoms with Gasteiger partial charge in [0.25, 0.3) is 5.91 Å². The summed E-state index contributed by atoms with van der Waals surface area (Å²) in [7, 11) is 0. The fourth-order valence-electron chi connectivity index (χ4n) is 3.59. The molecule has 0 bridgehead atoms. The largest absolute Gasteiger partial charge is 0.366 e. The maximum atomic E-state index is 12.2. The van der Waals surface area contributed by atoms with Gasteiger partial charge in [0.1, 0.15) is 5.82 Å². The molecule has 5 rings (SSSR count). The fraction of sp³-hybridized carbons (Fsp3) is 0.0800. The highest BCUT2D eigenvalue weighted by Gasteiger charge is 2.13. The van der Waals surface area contributed by atoms with E-state index >= 15 is 0 Å². The minimum atomic E-state index is -0.0610. The number of amides is 1. The van der Waals surface area contributed by atoms with Crippen molar-refractivity contribution >= 4 is 56.2 Å². The molecular formula is C25H19BrClN5OS. The summed E-state index contributed by atoms with van der Waals surface area (Å²) in [5.41, 5.74) is 4.42. The van der Waals surface area contributed by atoms with Crippen molar-refractivity contribution in [3.05, 3.63) is 104 Å². The molecule has 6 nitrogen and oxygen atoms in total. The van der Waals surface area contributed by atoms with E-state index in [1.165, 1.54) is 11.3 Å². The van der Waals surface area contributed by atoms with Crippen LogP contribution in [0, 0.1) is 0 Å². The van der Waals surface area contributed by atoms with Crippen molar-refractivity contribution in [1.82, 2.24) is 19.9 Å². The molecule has 0 unspecified atom stereocenters. The number of rotatable bonds is 7. The molecule has 5 aromatic rings. The van der Waals surface area contributed by atoms with E-state index in [1.807, 2.05) is 66.0 Å². The van der Waals surface area contributed by atoms with Gasteiger partial charge in [-0.3, -0.25) is 4.79 Å². The Morgan fingerprint density at radius 3 is 2.65 bits per heavy atom. The van der Waals surface area contributed by atoms with Gasteiger partial charge in [0, 0.05) is 29.7 Å². The Bertz CT molecular complexity index is 1470. The molecule has 0 aliphatic rings. The monoisotopic (exact) mass is 551 g/mol. The van der Waals surface area contributed by atoms with Crippen LogP contribution in [0.4, 0.5) is 5.82 Å². The summed E-state index contributed by atoms with van der Waals surface area (Å²) in [4.78, 5) is 17.7. The molecule has 0 aliphatic carbocycles. The van der Waals surface area contributed by atoms with Crippen LogP contribution in [0.5, 0.6) is 0 Å². The van der Waals surface area contributed by atoms with E-state index in [2.05, 4.69) is 37.7 Å². The average Bonchev–Trinajstić information content (AvgIpc) is 3.52. The number of thiophene rings is 1. The van der Waals surface area contributed by atoms with Crippen LogP contribution in [0.25, 0.3) is 16.9 Å². The molecule has 0 atom stereocenters. The molecule has 3 heterocycles. The van der Waals surface area contributed by atoms with Crippen molar-refractivity contribution in [3.63, 3.8) is 0 Å². The summed E-state index contributed by atoms with van der Waals surface area (Å²) < 4.78 is 2.56. The van der Waals surface area contributed by atoms with Gasteiger partial charge in [-0.1, -0.05) is 60.1 Å². The molecule has 0 aliphatic heterocycles. The van der Waals surface area contributed by atoms with Gasteiger partial charge in [0.05, 0.1) is 21.2 Å². The second kappa shape index (κ2) is 9.97. The van der Waals surface area contributed by atoms with E-state index in [1.54, 1.807) is 10.7 Å². The number of aromatic nitrogens is 3. The molecule has 34 heavy (non-hydrogen) atoms. The first kappa shape index (κ1) is 22.6. The van der Waals surface area contributed by atoms with Crippen molar-refractivity contribution in [2.75, 3.05) is 5.32 Å². The van der Waals surface area contributed by atoms with Crippen LogP contribution in [0.1, 0.15) is 20.8 Å². The van der Waals surface area contributed by atoms with Crippen LogP contribution in [0.3, 0.4) is 0 Å². The van der Waals surface area contributed by atoms with Crippen molar-refractivity contribution in [1.29, 1.82) is 0 Å². The van der Waals surface area contributed by atoms with Crippen LogP contribution in [0.15, 0.2) is 82.8 Å². The third kappa shape index (κ3) is 4.84. The molecule has 2 aromatic carbocycles. The maximum absolute atomic E-state index is 12.2. The number of anilines is 1. The van der Waals surface area contributed by atoms with Crippen molar-refractivity contribution in [2.45, 2.75) is 13.1 Å². The number of nitrogens with zero attached hydrogens (tertiary/aromatic N) is 3. The molecule has 0 fully saturated rings. The summed E-state index contributed by atoms with van der Waals surface area (Å²) in [5, 5.41) is 13.4. The van der Waals surface area contributed by atoms with Crippen LogP contribution < -0.4 is 10.6 Å². The number of halogens is 2. The topological polar surface area (TPSA) is 71.3 Å². The first-order valence-electron chi connectivity index (χ1n) is 10.5. The summed E-state index contributed by atoms with van der Waals surface area (Å²) in [6.07, 6.45) is 1.72. The van der Waals surface area contributed by atoms with E-state index in [0.717, 1.165) is 32.7 Å². The molecule has 170 valence electrons. The van der Waals surface area contributed by atoms with Crippen LogP contribution in [0.2, 0.25) is 5.02 Å².